The standard InChI is InChI=1S/C14H22N2O/c1-2-17-13(16)9-14(10-15)11-5-3-6-12(14)8-4-7-11/h11-12,16H,2-9H2,1H3. The highest BCUT2D eigenvalue weighted by molar-refractivity contribution is 5.74. The average molecular weight is 234 g/mol. The minimum absolute atomic E-state index is 0.289. The van der Waals surface area contributed by atoms with Gasteiger partial charge in [-0.25, -0.2) is 0 Å². The van der Waals surface area contributed by atoms with Gasteiger partial charge in [-0.05, 0) is 44.4 Å². The minimum Gasteiger partial charge on any atom is -0.481 e. The Balaban J connectivity index is 2.17. The van der Waals surface area contributed by atoms with Crippen LogP contribution in [0.5, 0.6) is 0 Å². The van der Waals surface area contributed by atoms with Crippen molar-refractivity contribution in [3.63, 3.8) is 0 Å². The highest BCUT2D eigenvalue weighted by Gasteiger charge is 2.50. The van der Waals surface area contributed by atoms with Crippen molar-refractivity contribution in [2.45, 2.75) is 51.9 Å². The molecule has 3 heteroatoms. The summed E-state index contributed by atoms with van der Waals surface area (Å²) in [5.41, 5.74) is -0.289. The summed E-state index contributed by atoms with van der Waals surface area (Å²) in [5, 5.41) is 17.5. The summed E-state index contributed by atoms with van der Waals surface area (Å²) in [5.74, 6) is 1.31. The van der Waals surface area contributed by atoms with Crippen molar-refractivity contribution in [1.29, 1.82) is 10.7 Å². The lowest BCUT2D eigenvalue weighted by atomic mass is 9.54. The summed E-state index contributed by atoms with van der Waals surface area (Å²) in [6.07, 6.45) is 7.74. The largest absolute Gasteiger partial charge is 0.481 e. The van der Waals surface area contributed by atoms with Crippen molar-refractivity contribution in [3.05, 3.63) is 0 Å². The Labute approximate surface area is 104 Å². The van der Waals surface area contributed by atoms with E-state index in [1.807, 2.05) is 6.92 Å². The molecule has 2 rings (SSSR count). The number of hydrogen-bond donors (Lipinski definition) is 1. The van der Waals surface area contributed by atoms with E-state index in [1.165, 1.54) is 38.5 Å². The molecule has 2 bridgehead atoms. The van der Waals surface area contributed by atoms with Gasteiger partial charge in [-0.2, -0.15) is 5.26 Å². The summed E-state index contributed by atoms with van der Waals surface area (Å²) in [6.45, 7) is 2.44. The quantitative estimate of drug-likeness (QED) is 0.600. The van der Waals surface area contributed by atoms with Crippen LogP contribution in [0.2, 0.25) is 0 Å². The molecule has 17 heavy (non-hydrogen) atoms. The van der Waals surface area contributed by atoms with Crippen molar-refractivity contribution in [1.82, 2.24) is 0 Å². The van der Waals surface area contributed by atoms with Gasteiger partial charge in [0.25, 0.3) is 0 Å². The second-order valence-electron chi connectivity index (χ2n) is 5.44. The third-order valence-corrected chi connectivity index (χ3v) is 4.65. The number of rotatable bonds is 3. The molecule has 0 aromatic carbocycles. The second kappa shape index (κ2) is 5.08. The molecule has 0 heterocycles. The van der Waals surface area contributed by atoms with E-state index < -0.39 is 0 Å². The molecule has 0 aromatic heterocycles. The van der Waals surface area contributed by atoms with Crippen LogP contribution >= 0.6 is 0 Å². The van der Waals surface area contributed by atoms with Crippen LogP contribution in [0.3, 0.4) is 0 Å². The van der Waals surface area contributed by atoms with Gasteiger partial charge in [0.05, 0.1) is 18.1 Å². The Bertz CT molecular complexity index is 310. The number of nitrogens with zero attached hydrogens (tertiary/aromatic N) is 1. The molecule has 0 spiro atoms. The number of fused-ring (bicyclic) bond motifs is 2. The van der Waals surface area contributed by atoms with Crippen molar-refractivity contribution in [2.75, 3.05) is 6.61 Å². The van der Waals surface area contributed by atoms with Gasteiger partial charge in [0.2, 0.25) is 0 Å². The molecule has 94 valence electrons. The molecular formula is C14H22N2O. The normalized spacial score (nSPS) is 36.0. The van der Waals surface area contributed by atoms with Crippen LogP contribution in [-0.4, -0.2) is 12.5 Å². The summed E-state index contributed by atoms with van der Waals surface area (Å²) in [4.78, 5) is 0. The van der Waals surface area contributed by atoms with E-state index in [4.69, 9.17) is 10.1 Å². The molecule has 1 N–H and O–H groups in total. The van der Waals surface area contributed by atoms with Gasteiger partial charge in [0.15, 0.2) is 5.90 Å². The number of nitriles is 1. The Morgan fingerprint density at radius 3 is 2.24 bits per heavy atom. The van der Waals surface area contributed by atoms with E-state index in [2.05, 4.69) is 6.07 Å². The first-order chi connectivity index (χ1) is 8.23. The number of nitrogens with one attached hydrogen (secondary N) is 1. The van der Waals surface area contributed by atoms with E-state index in [1.54, 1.807) is 0 Å². The van der Waals surface area contributed by atoms with Crippen LogP contribution < -0.4 is 0 Å². The summed E-state index contributed by atoms with van der Waals surface area (Å²) < 4.78 is 5.27. The van der Waals surface area contributed by atoms with Crippen LogP contribution in [0.15, 0.2) is 0 Å². The molecule has 2 saturated carbocycles. The minimum atomic E-state index is -0.289. The highest BCUT2D eigenvalue weighted by atomic mass is 16.5. The smallest absolute Gasteiger partial charge is 0.181 e. The molecule has 0 aromatic rings. The van der Waals surface area contributed by atoms with Crippen molar-refractivity contribution in [3.8, 4) is 6.07 Å². The van der Waals surface area contributed by atoms with Crippen LogP contribution in [0.1, 0.15) is 51.9 Å². The van der Waals surface area contributed by atoms with Gasteiger partial charge in [0, 0.05) is 6.42 Å². The third kappa shape index (κ3) is 2.18. The zero-order chi connectivity index (χ0) is 12.3. The highest BCUT2D eigenvalue weighted by Crippen LogP contribution is 2.54. The van der Waals surface area contributed by atoms with Gasteiger partial charge in [-0.3, -0.25) is 5.41 Å². The molecule has 3 nitrogen and oxygen atoms in total. The molecular weight excluding hydrogens is 212 g/mol. The van der Waals surface area contributed by atoms with E-state index in [0.29, 0.717) is 30.8 Å². The second-order valence-corrected chi connectivity index (χ2v) is 5.44. The Morgan fingerprint density at radius 2 is 1.82 bits per heavy atom. The monoisotopic (exact) mass is 234 g/mol. The van der Waals surface area contributed by atoms with Gasteiger partial charge >= 0.3 is 0 Å². The molecule has 0 atom stereocenters. The summed E-state index contributed by atoms with van der Waals surface area (Å²) >= 11 is 0. The van der Waals surface area contributed by atoms with E-state index in [9.17, 15) is 5.26 Å². The van der Waals surface area contributed by atoms with Gasteiger partial charge in [-0.1, -0.05) is 12.8 Å². The fourth-order valence-corrected chi connectivity index (χ4v) is 3.88. The van der Waals surface area contributed by atoms with Gasteiger partial charge in [0.1, 0.15) is 0 Å². The van der Waals surface area contributed by atoms with Gasteiger partial charge < -0.3 is 4.74 Å². The average Bonchev–Trinajstić information content (AvgIpc) is 2.28. The maximum Gasteiger partial charge on any atom is 0.181 e. The maximum atomic E-state index is 9.66. The zero-order valence-corrected chi connectivity index (χ0v) is 10.7. The SMILES string of the molecule is CCOC(=N)CC1(C#N)C2CCCC1CCC2. The lowest BCUT2D eigenvalue weighted by Crippen LogP contribution is -2.45. The van der Waals surface area contributed by atoms with Crippen molar-refractivity contribution >= 4 is 5.90 Å². The fourth-order valence-electron chi connectivity index (χ4n) is 3.88. The molecule has 0 unspecified atom stereocenters. The first-order valence-electron chi connectivity index (χ1n) is 6.84. The molecule has 0 amide bonds. The predicted molar refractivity (Wildman–Crippen MR) is 66.7 cm³/mol. The Kier molecular flexibility index (Phi) is 3.71. The van der Waals surface area contributed by atoms with Crippen LogP contribution in [0.25, 0.3) is 0 Å². The first kappa shape index (κ1) is 12.4. The van der Waals surface area contributed by atoms with E-state index in [0.717, 1.165) is 0 Å². The maximum absolute atomic E-state index is 9.66. The molecule has 2 aliphatic carbocycles. The van der Waals surface area contributed by atoms with Gasteiger partial charge in [-0.15, -0.1) is 0 Å². The predicted octanol–water partition coefficient (Wildman–Crippen LogP) is 3.50. The van der Waals surface area contributed by atoms with E-state index in [-0.39, 0.29) is 5.41 Å². The molecule has 0 aliphatic heterocycles. The first-order valence-corrected chi connectivity index (χ1v) is 6.84. The number of ether oxygens (including phenoxy) is 1. The molecule has 2 aliphatic rings. The summed E-state index contributed by atoms with van der Waals surface area (Å²) in [7, 11) is 0. The Hall–Kier alpha value is -1.04. The van der Waals surface area contributed by atoms with Crippen LogP contribution in [0.4, 0.5) is 0 Å². The third-order valence-electron chi connectivity index (χ3n) is 4.65. The molecule has 0 radical (unpaired) electrons. The van der Waals surface area contributed by atoms with E-state index >= 15 is 0 Å². The lowest BCUT2D eigenvalue weighted by molar-refractivity contribution is 0.0314. The Morgan fingerprint density at radius 1 is 1.29 bits per heavy atom. The van der Waals surface area contributed by atoms with Crippen molar-refractivity contribution in [2.24, 2.45) is 17.3 Å². The van der Waals surface area contributed by atoms with Crippen molar-refractivity contribution < 1.29 is 4.74 Å². The summed E-state index contributed by atoms with van der Waals surface area (Å²) in [6, 6.07) is 2.59. The topological polar surface area (TPSA) is 56.9 Å². The lowest BCUT2D eigenvalue weighted by Gasteiger charge is -2.48. The number of hydrogen-bond acceptors (Lipinski definition) is 3. The molecule has 2 fully saturated rings. The fraction of sp³-hybridized carbons (Fsp3) is 0.857. The molecule has 0 saturated heterocycles. The van der Waals surface area contributed by atoms with Crippen LogP contribution in [-0.2, 0) is 4.74 Å². The zero-order valence-electron chi connectivity index (χ0n) is 10.7. The van der Waals surface area contributed by atoms with Crippen LogP contribution in [0, 0.1) is 34.0 Å².